The fourth-order valence-electron chi connectivity index (χ4n) is 3.15. The summed E-state index contributed by atoms with van der Waals surface area (Å²) in [6.45, 7) is 13.5. The molecule has 0 atom stereocenters. The number of ether oxygens (including phenoxy) is 2. The van der Waals surface area contributed by atoms with Crippen LogP contribution in [0.2, 0.25) is 0 Å². The first-order chi connectivity index (χ1) is 12.9. The molecule has 1 N–H and O–H groups in total. The van der Waals surface area contributed by atoms with Crippen LogP contribution in [0.25, 0.3) is 0 Å². The Balaban J connectivity index is 1.69. The third-order valence-corrected chi connectivity index (χ3v) is 4.72. The molecule has 1 aromatic rings. The van der Waals surface area contributed by atoms with Crippen molar-refractivity contribution in [2.45, 2.75) is 59.3 Å². The topological polar surface area (TPSA) is 50.8 Å². The van der Waals surface area contributed by atoms with Gasteiger partial charge in [0.25, 0.3) is 5.91 Å². The standard InChI is InChI=1S/C22H36N2O3/c1-17(2)15-26-16-19-5-7-20(8-6-19)22(25)23-21-9-11-24(12-10-21)13-14-27-18(3)4/h5-8,17-18,21H,9-16H2,1-4H3,(H,23,25). The third-order valence-electron chi connectivity index (χ3n) is 4.72. The van der Waals surface area contributed by atoms with E-state index < -0.39 is 0 Å². The first kappa shape index (κ1) is 21.9. The fraction of sp³-hybridized carbons (Fsp3) is 0.682. The Morgan fingerprint density at radius 1 is 1.15 bits per heavy atom. The van der Waals surface area contributed by atoms with Crippen molar-refractivity contribution in [1.82, 2.24) is 10.2 Å². The average Bonchev–Trinajstić information content (AvgIpc) is 2.63. The minimum Gasteiger partial charge on any atom is -0.377 e. The van der Waals surface area contributed by atoms with Gasteiger partial charge in [0.05, 0.1) is 19.3 Å². The molecule has 0 aliphatic carbocycles. The predicted molar refractivity (Wildman–Crippen MR) is 109 cm³/mol. The monoisotopic (exact) mass is 376 g/mol. The molecule has 27 heavy (non-hydrogen) atoms. The number of hydrogen-bond donors (Lipinski definition) is 1. The number of hydrogen-bond acceptors (Lipinski definition) is 4. The first-order valence-corrected chi connectivity index (χ1v) is 10.3. The number of nitrogens with zero attached hydrogens (tertiary/aromatic N) is 1. The maximum absolute atomic E-state index is 12.5. The van der Waals surface area contributed by atoms with Gasteiger partial charge in [-0.15, -0.1) is 0 Å². The van der Waals surface area contributed by atoms with E-state index in [-0.39, 0.29) is 18.1 Å². The Bertz CT molecular complexity index is 549. The van der Waals surface area contributed by atoms with Crippen LogP contribution < -0.4 is 5.32 Å². The lowest BCUT2D eigenvalue weighted by atomic mass is 10.0. The Morgan fingerprint density at radius 2 is 1.81 bits per heavy atom. The van der Waals surface area contributed by atoms with Crippen molar-refractivity contribution in [2.24, 2.45) is 5.92 Å². The highest BCUT2D eigenvalue weighted by molar-refractivity contribution is 5.94. The van der Waals surface area contributed by atoms with Gasteiger partial charge in [-0.2, -0.15) is 0 Å². The smallest absolute Gasteiger partial charge is 0.251 e. The van der Waals surface area contributed by atoms with E-state index in [9.17, 15) is 4.79 Å². The molecule has 1 amide bonds. The molecule has 1 aliphatic rings. The number of benzene rings is 1. The van der Waals surface area contributed by atoms with E-state index in [1.165, 1.54) is 0 Å². The van der Waals surface area contributed by atoms with Gasteiger partial charge in [-0.3, -0.25) is 4.79 Å². The van der Waals surface area contributed by atoms with Crippen molar-refractivity contribution >= 4 is 5.91 Å². The zero-order valence-electron chi connectivity index (χ0n) is 17.4. The number of carbonyl (C=O) groups excluding carboxylic acids is 1. The summed E-state index contributed by atoms with van der Waals surface area (Å²) in [6.07, 6.45) is 2.28. The highest BCUT2D eigenvalue weighted by Crippen LogP contribution is 2.12. The van der Waals surface area contributed by atoms with E-state index in [1.807, 2.05) is 24.3 Å². The number of nitrogens with one attached hydrogen (secondary N) is 1. The minimum absolute atomic E-state index is 0.0197. The van der Waals surface area contributed by atoms with Gasteiger partial charge in [0.15, 0.2) is 0 Å². The highest BCUT2D eigenvalue weighted by atomic mass is 16.5. The molecule has 0 unspecified atom stereocenters. The summed E-state index contributed by atoms with van der Waals surface area (Å²) in [7, 11) is 0. The summed E-state index contributed by atoms with van der Waals surface area (Å²) in [4.78, 5) is 14.9. The van der Waals surface area contributed by atoms with Crippen molar-refractivity contribution < 1.29 is 14.3 Å². The average molecular weight is 377 g/mol. The van der Waals surface area contributed by atoms with Crippen LogP contribution in [0.5, 0.6) is 0 Å². The molecule has 1 aliphatic heterocycles. The molecule has 2 rings (SSSR count). The molecule has 5 heteroatoms. The third kappa shape index (κ3) is 8.41. The van der Waals surface area contributed by atoms with Crippen LogP contribution in [0, 0.1) is 5.92 Å². The van der Waals surface area contributed by atoms with Crippen molar-refractivity contribution in [3.8, 4) is 0 Å². The van der Waals surface area contributed by atoms with Crippen LogP contribution in [0.1, 0.15) is 56.5 Å². The zero-order valence-corrected chi connectivity index (χ0v) is 17.4. The molecule has 0 spiro atoms. The molecular formula is C22H36N2O3. The number of carbonyl (C=O) groups is 1. The first-order valence-electron chi connectivity index (χ1n) is 10.3. The molecule has 152 valence electrons. The van der Waals surface area contributed by atoms with Crippen molar-refractivity contribution in [1.29, 1.82) is 0 Å². The number of amides is 1. The summed E-state index contributed by atoms with van der Waals surface area (Å²) in [5.41, 5.74) is 1.82. The second kappa shape index (κ2) is 11.4. The van der Waals surface area contributed by atoms with Crippen LogP contribution in [-0.2, 0) is 16.1 Å². The molecule has 5 nitrogen and oxygen atoms in total. The Kier molecular flexibility index (Phi) is 9.25. The SMILES string of the molecule is CC(C)COCc1ccc(C(=O)NC2CCN(CCOC(C)C)CC2)cc1. The lowest BCUT2D eigenvalue weighted by Crippen LogP contribution is -2.45. The molecular weight excluding hydrogens is 340 g/mol. The summed E-state index contributed by atoms with van der Waals surface area (Å²) < 4.78 is 11.3. The summed E-state index contributed by atoms with van der Waals surface area (Å²) >= 11 is 0. The summed E-state index contributed by atoms with van der Waals surface area (Å²) in [5, 5.41) is 3.18. The predicted octanol–water partition coefficient (Wildman–Crippen LogP) is 3.48. The van der Waals surface area contributed by atoms with Crippen LogP contribution in [0.4, 0.5) is 0 Å². The molecule has 0 saturated carbocycles. The quantitative estimate of drug-likeness (QED) is 0.679. The maximum Gasteiger partial charge on any atom is 0.251 e. The van der Waals surface area contributed by atoms with E-state index in [1.54, 1.807) is 0 Å². The van der Waals surface area contributed by atoms with Gasteiger partial charge in [-0.25, -0.2) is 0 Å². The lowest BCUT2D eigenvalue weighted by molar-refractivity contribution is 0.0520. The van der Waals surface area contributed by atoms with Gasteiger partial charge in [0.2, 0.25) is 0 Å². The van der Waals surface area contributed by atoms with Crippen molar-refractivity contribution in [3.63, 3.8) is 0 Å². The fourth-order valence-corrected chi connectivity index (χ4v) is 3.15. The van der Waals surface area contributed by atoms with Crippen LogP contribution in [0.3, 0.4) is 0 Å². The van der Waals surface area contributed by atoms with Crippen molar-refractivity contribution in [2.75, 3.05) is 32.8 Å². The zero-order chi connectivity index (χ0) is 19.6. The van der Waals surface area contributed by atoms with E-state index in [2.05, 4.69) is 37.9 Å². The highest BCUT2D eigenvalue weighted by Gasteiger charge is 2.21. The molecule has 0 bridgehead atoms. The lowest BCUT2D eigenvalue weighted by Gasteiger charge is -2.32. The Labute approximate surface area is 164 Å². The molecule has 0 radical (unpaired) electrons. The van der Waals surface area contributed by atoms with Crippen LogP contribution >= 0.6 is 0 Å². The molecule has 1 saturated heterocycles. The molecule has 1 heterocycles. The van der Waals surface area contributed by atoms with Gasteiger partial charge in [-0.05, 0) is 50.3 Å². The second-order valence-corrected chi connectivity index (χ2v) is 8.11. The number of piperidine rings is 1. The van der Waals surface area contributed by atoms with Crippen LogP contribution in [-0.4, -0.2) is 55.8 Å². The minimum atomic E-state index is 0.0197. The maximum atomic E-state index is 12.5. The van der Waals surface area contributed by atoms with E-state index in [0.29, 0.717) is 12.5 Å². The van der Waals surface area contributed by atoms with Gasteiger partial charge < -0.3 is 19.7 Å². The van der Waals surface area contributed by atoms with Gasteiger partial charge >= 0.3 is 0 Å². The molecule has 1 fully saturated rings. The number of likely N-dealkylation sites (tertiary alicyclic amines) is 1. The summed E-state index contributed by atoms with van der Waals surface area (Å²) in [5.74, 6) is 0.551. The molecule has 0 aromatic heterocycles. The Morgan fingerprint density at radius 3 is 2.41 bits per heavy atom. The van der Waals surface area contributed by atoms with Crippen molar-refractivity contribution in [3.05, 3.63) is 35.4 Å². The van der Waals surface area contributed by atoms with E-state index in [4.69, 9.17) is 9.47 Å². The van der Waals surface area contributed by atoms with Gasteiger partial charge in [-0.1, -0.05) is 26.0 Å². The Hall–Kier alpha value is -1.43. The van der Waals surface area contributed by atoms with Gasteiger partial charge in [0.1, 0.15) is 0 Å². The molecule has 1 aromatic carbocycles. The number of rotatable bonds is 10. The van der Waals surface area contributed by atoms with Crippen LogP contribution in [0.15, 0.2) is 24.3 Å². The van der Waals surface area contributed by atoms with Gasteiger partial charge in [0, 0.05) is 37.8 Å². The second-order valence-electron chi connectivity index (χ2n) is 8.11. The van der Waals surface area contributed by atoms with E-state index in [0.717, 1.165) is 56.8 Å². The normalized spacial score (nSPS) is 16.2. The van der Waals surface area contributed by atoms with E-state index >= 15 is 0 Å². The summed E-state index contributed by atoms with van der Waals surface area (Å²) in [6, 6.07) is 8.00. The largest absolute Gasteiger partial charge is 0.377 e.